The van der Waals surface area contributed by atoms with Crippen molar-refractivity contribution in [2.75, 3.05) is 11.1 Å². The number of thioether (sulfide) groups is 1. The fraction of sp³-hybridized carbons (Fsp3) is 0.333. The molecule has 0 bridgehead atoms. The smallest absolute Gasteiger partial charge is 0.317 e. The van der Waals surface area contributed by atoms with Gasteiger partial charge in [-0.1, -0.05) is 32.0 Å². The highest BCUT2D eigenvalue weighted by molar-refractivity contribution is 8.00. The van der Waals surface area contributed by atoms with Crippen LogP contribution in [0, 0.1) is 18.6 Å². The van der Waals surface area contributed by atoms with Gasteiger partial charge in [0.15, 0.2) is 6.10 Å². The maximum Gasteiger partial charge on any atom is 0.317 e. The molecule has 0 aliphatic heterocycles. The molecule has 0 spiro atoms. The van der Waals surface area contributed by atoms with Gasteiger partial charge in [0.1, 0.15) is 11.6 Å². The number of amides is 1. The second kappa shape index (κ2) is 9.68. The third kappa shape index (κ3) is 5.79. The van der Waals surface area contributed by atoms with Gasteiger partial charge in [0, 0.05) is 10.6 Å². The van der Waals surface area contributed by atoms with Crippen LogP contribution in [0.4, 0.5) is 14.5 Å². The predicted octanol–water partition coefficient (Wildman–Crippen LogP) is 5.06. The Morgan fingerprint density at radius 1 is 1.14 bits per heavy atom. The van der Waals surface area contributed by atoms with Crippen LogP contribution in [0.1, 0.15) is 37.8 Å². The van der Waals surface area contributed by atoms with Crippen molar-refractivity contribution < 1.29 is 23.1 Å². The van der Waals surface area contributed by atoms with E-state index in [1.54, 1.807) is 0 Å². The first-order valence-electron chi connectivity index (χ1n) is 8.86. The second-order valence-corrected chi connectivity index (χ2v) is 7.70. The molecule has 0 aliphatic rings. The van der Waals surface area contributed by atoms with Crippen LogP contribution in [0.2, 0.25) is 0 Å². The summed E-state index contributed by atoms with van der Waals surface area (Å²) < 4.78 is 31.9. The van der Waals surface area contributed by atoms with Crippen molar-refractivity contribution in [3.63, 3.8) is 0 Å². The molecular weight excluding hydrogens is 384 g/mol. The van der Waals surface area contributed by atoms with Crippen molar-refractivity contribution in [3.05, 3.63) is 59.2 Å². The molecule has 7 heteroatoms. The Balaban J connectivity index is 1.95. The Morgan fingerprint density at radius 2 is 1.86 bits per heavy atom. The number of hydrogen-bond donors (Lipinski definition) is 1. The van der Waals surface area contributed by atoms with E-state index in [9.17, 15) is 18.4 Å². The zero-order chi connectivity index (χ0) is 20.8. The van der Waals surface area contributed by atoms with Crippen molar-refractivity contribution in [1.82, 2.24) is 0 Å². The summed E-state index contributed by atoms with van der Waals surface area (Å²) in [6, 6.07) is 8.76. The number of hydrogen-bond acceptors (Lipinski definition) is 4. The molecule has 0 fully saturated rings. The standard InChI is InChI=1S/C21H23F2NO3S/c1-12(2)16-7-5-6-13(3)20(16)24-21(26)14(4)27-19(25)11-28-18-10-15(22)8-9-17(18)23/h5-10,12,14H,11H2,1-4H3,(H,24,26)/t14-/m1/s1. The van der Waals surface area contributed by atoms with Crippen LogP contribution in [-0.4, -0.2) is 23.7 Å². The third-order valence-corrected chi connectivity index (χ3v) is 5.10. The van der Waals surface area contributed by atoms with Gasteiger partial charge in [-0.2, -0.15) is 0 Å². The van der Waals surface area contributed by atoms with Crippen molar-refractivity contribution in [3.8, 4) is 0 Å². The minimum absolute atomic E-state index is 0.00976. The molecule has 0 aromatic heterocycles. The van der Waals surface area contributed by atoms with Crippen LogP contribution in [-0.2, 0) is 14.3 Å². The Morgan fingerprint density at radius 3 is 2.54 bits per heavy atom. The van der Waals surface area contributed by atoms with Crippen molar-refractivity contribution >= 4 is 29.3 Å². The lowest BCUT2D eigenvalue weighted by atomic mass is 9.98. The minimum Gasteiger partial charge on any atom is -0.452 e. The lowest BCUT2D eigenvalue weighted by molar-refractivity contribution is -0.150. The fourth-order valence-electron chi connectivity index (χ4n) is 2.58. The van der Waals surface area contributed by atoms with E-state index in [1.807, 2.05) is 39.0 Å². The number of aryl methyl sites for hydroxylation is 1. The second-order valence-electron chi connectivity index (χ2n) is 6.68. The van der Waals surface area contributed by atoms with Crippen molar-refractivity contribution in [2.45, 2.75) is 44.6 Å². The lowest BCUT2D eigenvalue weighted by Crippen LogP contribution is -2.31. The number of esters is 1. The fourth-order valence-corrected chi connectivity index (χ4v) is 3.32. The summed E-state index contributed by atoms with van der Waals surface area (Å²) in [6.45, 7) is 7.41. The average molecular weight is 407 g/mol. The predicted molar refractivity (Wildman–Crippen MR) is 107 cm³/mol. The molecule has 2 aromatic carbocycles. The van der Waals surface area contributed by atoms with E-state index in [-0.39, 0.29) is 16.6 Å². The molecule has 1 atom stereocenters. The van der Waals surface area contributed by atoms with E-state index in [0.29, 0.717) is 5.69 Å². The molecule has 150 valence electrons. The Kier molecular flexibility index (Phi) is 7.57. The SMILES string of the molecule is Cc1cccc(C(C)C)c1NC(=O)[C@@H](C)OC(=O)CSc1cc(F)ccc1F. The molecule has 1 N–H and O–H groups in total. The number of carbonyl (C=O) groups is 2. The van der Waals surface area contributed by atoms with E-state index in [4.69, 9.17) is 4.74 Å². The van der Waals surface area contributed by atoms with Gasteiger partial charge in [0.2, 0.25) is 0 Å². The molecule has 0 aliphatic carbocycles. The van der Waals surface area contributed by atoms with E-state index in [2.05, 4.69) is 5.32 Å². The molecule has 0 radical (unpaired) electrons. The summed E-state index contributed by atoms with van der Waals surface area (Å²) in [6.07, 6.45) is -1.02. The summed E-state index contributed by atoms with van der Waals surface area (Å²) in [5.74, 6) is -2.38. The van der Waals surface area contributed by atoms with Gasteiger partial charge in [-0.3, -0.25) is 9.59 Å². The number of para-hydroxylation sites is 1. The normalized spacial score (nSPS) is 12.0. The number of benzene rings is 2. The summed E-state index contributed by atoms with van der Waals surface area (Å²) in [7, 11) is 0. The highest BCUT2D eigenvalue weighted by Gasteiger charge is 2.21. The van der Waals surface area contributed by atoms with Gasteiger partial charge >= 0.3 is 5.97 Å². The van der Waals surface area contributed by atoms with Crippen molar-refractivity contribution in [2.24, 2.45) is 0 Å². The lowest BCUT2D eigenvalue weighted by Gasteiger charge is -2.19. The number of carbonyl (C=O) groups excluding carboxylic acids is 2. The summed E-state index contributed by atoms with van der Waals surface area (Å²) in [5, 5.41) is 2.82. The number of ether oxygens (including phenoxy) is 1. The zero-order valence-corrected chi connectivity index (χ0v) is 17.0. The minimum atomic E-state index is -1.02. The highest BCUT2D eigenvalue weighted by Crippen LogP contribution is 2.28. The van der Waals surface area contributed by atoms with E-state index < -0.39 is 29.6 Å². The van der Waals surface area contributed by atoms with Gasteiger partial charge in [-0.15, -0.1) is 11.8 Å². The monoisotopic (exact) mass is 407 g/mol. The molecule has 28 heavy (non-hydrogen) atoms. The van der Waals surface area contributed by atoms with Crippen LogP contribution < -0.4 is 5.32 Å². The highest BCUT2D eigenvalue weighted by atomic mass is 32.2. The summed E-state index contributed by atoms with van der Waals surface area (Å²) in [5.41, 5.74) is 2.61. The number of anilines is 1. The average Bonchev–Trinajstić information content (AvgIpc) is 2.63. The number of rotatable bonds is 7. The Bertz CT molecular complexity index is 871. The van der Waals surface area contributed by atoms with Gasteiger partial charge < -0.3 is 10.1 Å². The largest absolute Gasteiger partial charge is 0.452 e. The number of halogens is 2. The topological polar surface area (TPSA) is 55.4 Å². The maximum absolute atomic E-state index is 13.6. The first kappa shape index (κ1) is 21.9. The third-order valence-electron chi connectivity index (χ3n) is 4.09. The van der Waals surface area contributed by atoms with Gasteiger partial charge in [-0.25, -0.2) is 8.78 Å². The number of nitrogens with one attached hydrogen (secondary N) is 1. The molecule has 4 nitrogen and oxygen atoms in total. The van der Waals surface area contributed by atoms with E-state index >= 15 is 0 Å². The summed E-state index contributed by atoms with van der Waals surface area (Å²) >= 11 is 0.815. The summed E-state index contributed by atoms with van der Waals surface area (Å²) in [4.78, 5) is 24.4. The molecule has 0 heterocycles. The van der Waals surface area contributed by atoms with E-state index in [1.165, 1.54) is 6.92 Å². The molecule has 1 amide bonds. The quantitative estimate of drug-likeness (QED) is 0.515. The Hall–Kier alpha value is -2.41. The van der Waals surface area contributed by atoms with Crippen molar-refractivity contribution in [1.29, 1.82) is 0 Å². The first-order chi connectivity index (χ1) is 13.2. The molecule has 0 saturated heterocycles. The van der Waals surface area contributed by atoms with Crippen LogP contribution in [0.3, 0.4) is 0 Å². The Labute approximate surface area is 167 Å². The van der Waals surface area contributed by atoms with Gasteiger partial charge in [-0.05, 0) is 49.1 Å². The van der Waals surface area contributed by atoms with Gasteiger partial charge in [0.25, 0.3) is 5.91 Å². The van der Waals surface area contributed by atoms with E-state index in [0.717, 1.165) is 41.1 Å². The van der Waals surface area contributed by atoms with Crippen LogP contribution in [0.5, 0.6) is 0 Å². The van der Waals surface area contributed by atoms with Crippen LogP contribution >= 0.6 is 11.8 Å². The molecule has 0 unspecified atom stereocenters. The molecular formula is C21H23F2NO3S. The zero-order valence-electron chi connectivity index (χ0n) is 16.2. The van der Waals surface area contributed by atoms with Crippen LogP contribution in [0.25, 0.3) is 0 Å². The first-order valence-corrected chi connectivity index (χ1v) is 9.85. The van der Waals surface area contributed by atoms with Gasteiger partial charge in [0.05, 0.1) is 5.75 Å². The molecule has 2 rings (SSSR count). The molecule has 2 aromatic rings. The molecule has 0 saturated carbocycles. The maximum atomic E-state index is 13.6. The van der Waals surface area contributed by atoms with Crippen LogP contribution in [0.15, 0.2) is 41.3 Å².